The molecule has 0 fully saturated rings. The van der Waals surface area contributed by atoms with Crippen molar-refractivity contribution in [2.24, 2.45) is 0 Å². The van der Waals surface area contributed by atoms with Crippen LogP contribution < -0.4 is 10.6 Å². The maximum Gasteiger partial charge on any atom is 0.217 e. The van der Waals surface area contributed by atoms with Crippen molar-refractivity contribution in [3.63, 3.8) is 0 Å². The third-order valence-electron chi connectivity index (χ3n) is 3.25. The predicted octanol–water partition coefficient (Wildman–Crippen LogP) is 1.83. The van der Waals surface area contributed by atoms with Crippen molar-refractivity contribution in [2.45, 2.75) is 38.8 Å². The smallest absolute Gasteiger partial charge is 0.217 e. The van der Waals surface area contributed by atoms with Gasteiger partial charge in [0.1, 0.15) is 0 Å². The van der Waals surface area contributed by atoms with Crippen molar-refractivity contribution in [2.75, 3.05) is 0 Å². The van der Waals surface area contributed by atoms with E-state index >= 15 is 0 Å². The highest BCUT2D eigenvalue weighted by atomic mass is 16.2. The molecule has 0 radical (unpaired) electrons. The van der Waals surface area contributed by atoms with Gasteiger partial charge in [0, 0.05) is 13.8 Å². The minimum atomic E-state index is -0.0206. The Morgan fingerprint density at radius 2 is 1.33 bits per heavy atom. The van der Waals surface area contributed by atoms with Gasteiger partial charge in [0.05, 0.1) is 12.1 Å². The molecule has 4 nitrogen and oxygen atoms in total. The molecule has 2 rings (SSSR count). The Balaban J connectivity index is 2.28. The number of rotatable bonds is 2. The van der Waals surface area contributed by atoms with Crippen LogP contribution in [-0.2, 0) is 9.59 Å². The zero-order valence-electron chi connectivity index (χ0n) is 10.7. The van der Waals surface area contributed by atoms with E-state index in [1.54, 1.807) is 0 Å². The van der Waals surface area contributed by atoms with Gasteiger partial charge < -0.3 is 10.6 Å². The second-order valence-corrected chi connectivity index (χ2v) is 4.71. The highest BCUT2D eigenvalue weighted by Gasteiger charge is 2.27. The standard InChI is InChI=1S/C14H18N2O2/c1-9(17)15-13-7-8-14(16-10(2)18)12-6-4-3-5-11(12)13/h3-6,13-14H,7-8H2,1-2H3,(H,15,17)(H,16,18). The molecule has 0 heterocycles. The van der Waals surface area contributed by atoms with E-state index in [0.717, 1.165) is 24.0 Å². The highest BCUT2D eigenvalue weighted by Crippen LogP contribution is 2.35. The summed E-state index contributed by atoms with van der Waals surface area (Å²) in [5.41, 5.74) is 2.22. The molecule has 1 aromatic rings. The zero-order chi connectivity index (χ0) is 13.1. The van der Waals surface area contributed by atoms with Crippen LogP contribution >= 0.6 is 0 Å². The summed E-state index contributed by atoms with van der Waals surface area (Å²) in [6.45, 7) is 3.06. The van der Waals surface area contributed by atoms with E-state index in [9.17, 15) is 9.59 Å². The first-order chi connectivity index (χ1) is 8.58. The fourth-order valence-corrected chi connectivity index (χ4v) is 2.58. The van der Waals surface area contributed by atoms with Gasteiger partial charge in [-0.05, 0) is 24.0 Å². The number of carbonyl (C=O) groups excluding carboxylic acids is 2. The number of hydrogen-bond acceptors (Lipinski definition) is 2. The van der Waals surface area contributed by atoms with Crippen LogP contribution in [0.1, 0.15) is 49.9 Å². The van der Waals surface area contributed by atoms with Gasteiger partial charge >= 0.3 is 0 Å². The van der Waals surface area contributed by atoms with Crippen molar-refractivity contribution >= 4 is 11.8 Å². The van der Waals surface area contributed by atoms with Gasteiger partial charge in [0.2, 0.25) is 11.8 Å². The highest BCUT2D eigenvalue weighted by molar-refractivity contribution is 5.74. The first-order valence-corrected chi connectivity index (χ1v) is 6.21. The summed E-state index contributed by atoms with van der Waals surface area (Å²) in [4.78, 5) is 22.4. The number of nitrogens with one attached hydrogen (secondary N) is 2. The number of hydrogen-bond donors (Lipinski definition) is 2. The topological polar surface area (TPSA) is 58.2 Å². The SMILES string of the molecule is CC(=O)NC1CCC(NC(C)=O)c2ccccc21. The summed E-state index contributed by atoms with van der Waals surface area (Å²) in [5, 5.41) is 5.92. The van der Waals surface area contributed by atoms with Crippen LogP contribution in [0.2, 0.25) is 0 Å². The van der Waals surface area contributed by atoms with Gasteiger partial charge in [-0.3, -0.25) is 9.59 Å². The molecule has 1 aliphatic rings. The Hall–Kier alpha value is -1.84. The van der Waals surface area contributed by atoms with Gasteiger partial charge in [0.15, 0.2) is 0 Å². The normalized spacial score (nSPS) is 21.9. The Bertz CT molecular complexity index is 428. The minimum absolute atomic E-state index is 0.0206. The summed E-state index contributed by atoms with van der Waals surface area (Å²) in [5.74, 6) is -0.0411. The van der Waals surface area contributed by atoms with Crippen LogP contribution in [0.25, 0.3) is 0 Å². The van der Waals surface area contributed by atoms with Gasteiger partial charge in [-0.15, -0.1) is 0 Å². The first kappa shape index (κ1) is 12.6. The molecular formula is C14H18N2O2. The molecule has 0 aliphatic heterocycles. The van der Waals surface area contributed by atoms with Gasteiger partial charge in [-0.1, -0.05) is 24.3 Å². The van der Waals surface area contributed by atoms with Gasteiger partial charge in [-0.2, -0.15) is 0 Å². The maximum atomic E-state index is 11.2. The lowest BCUT2D eigenvalue weighted by atomic mass is 9.84. The van der Waals surface area contributed by atoms with Crippen LogP contribution in [0.15, 0.2) is 24.3 Å². The third-order valence-corrected chi connectivity index (χ3v) is 3.25. The van der Waals surface area contributed by atoms with Crippen molar-refractivity contribution in [3.05, 3.63) is 35.4 Å². The Labute approximate surface area is 107 Å². The van der Waals surface area contributed by atoms with Crippen molar-refractivity contribution in [1.82, 2.24) is 10.6 Å². The maximum absolute atomic E-state index is 11.2. The van der Waals surface area contributed by atoms with E-state index in [4.69, 9.17) is 0 Å². The second-order valence-electron chi connectivity index (χ2n) is 4.71. The molecule has 2 amide bonds. The van der Waals surface area contributed by atoms with Crippen LogP contribution in [0, 0.1) is 0 Å². The molecule has 18 heavy (non-hydrogen) atoms. The van der Waals surface area contributed by atoms with Crippen LogP contribution in [-0.4, -0.2) is 11.8 Å². The molecule has 2 atom stereocenters. The summed E-state index contributed by atoms with van der Waals surface area (Å²) in [7, 11) is 0. The largest absolute Gasteiger partial charge is 0.350 e. The van der Waals surface area contributed by atoms with Crippen LogP contribution in [0.4, 0.5) is 0 Å². The van der Waals surface area contributed by atoms with E-state index in [1.807, 2.05) is 24.3 Å². The Morgan fingerprint density at radius 3 is 1.67 bits per heavy atom. The molecular weight excluding hydrogens is 228 g/mol. The van der Waals surface area contributed by atoms with Crippen molar-refractivity contribution in [3.8, 4) is 0 Å². The van der Waals surface area contributed by atoms with E-state index in [-0.39, 0.29) is 23.9 Å². The van der Waals surface area contributed by atoms with Crippen molar-refractivity contribution < 1.29 is 9.59 Å². The Kier molecular flexibility index (Phi) is 3.65. The third kappa shape index (κ3) is 2.70. The van der Waals surface area contributed by atoms with Crippen LogP contribution in [0.3, 0.4) is 0 Å². The Morgan fingerprint density at radius 1 is 0.944 bits per heavy atom. The van der Waals surface area contributed by atoms with Gasteiger partial charge in [0.25, 0.3) is 0 Å². The molecule has 96 valence electrons. The number of amides is 2. The van der Waals surface area contributed by atoms with E-state index < -0.39 is 0 Å². The summed E-state index contributed by atoms with van der Waals surface area (Å²) in [6.07, 6.45) is 1.70. The molecule has 4 heteroatoms. The summed E-state index contributed by atoms with van der Waals surface area (Å²) >= 11 is 0. The zero-order valence-corrected chi connectivity index (χ0v) is 10.7. The van der Waals surface area contributed by atoms with E-state index in [2.05, 4.69) is 10.6 Å². The average Bonchev–Trinajstić information content (AvgIpc) is 2.31. The molecule has 0 bridgehead atoms. The van der Waals surface area contributed by atoms with E-state index in [1.165, 1.54) is 13.8 Å². The minimum Gasteiger partial charge on any atom is -0.350 e. The molecule has 1 aliphatic carbocycles. The molecule has 0 aromatic heterocycles. The lowest BCUT2D eigenvalue weighted by molar-refractivity contribution is -0.121. The molecule has 2 N–H and O–H groups in total. The number of carbonyl (C=O) groups is 2. The average molecular weight is 246 g/mol. The first-order valence-electron chi connectivity index (χ1n) is 6.21. The summed E-state index contributed by atoms with van der Waals surface area (Å²) in [6, 6.07) is 8.08. The molecule has 1 aromatic carbocycles. The van der Waals surface area contributed by atoms with Crippen molar-refractivity contribution in [1.29, 1.82) is 0 Å². The molecule has 0 saturated heterocycles. The molecule has 0 saturated carbocycles. The summed E-state index contributed by atoms with van der Waals surface area (Å²) < 4.78 is 0. The fraction of sp³-hybridized carbons (Fsp3) is 0.429. The lowest BCUT2D eigenvalue weighted by Crippen LogP contribution is -2.35. The van der Waals surface area contributed by atoms with E-state index in [0.29, 0.717) is 0 Å². The monoisotopic (exact) mass is 246 g/mol. The number of benzene rings is 1. The van der Waals surface area contributed by atoms with Crippen LogP contribution in [0.5, 0.6) is 0 Å². The second kappa shape index (κ2) is 5.21. The predicted molar refractivity (Wildman–Crippen MR) is 68.8 cm³/mol. The quantitative estimate of drug-likeness (QED) is 0.836. The fourth-order valence-electron chi connectivity index (χ4n) is 2.58. The lowest BCUT2D eigenvalue weighted by Gasteiger charge is -2.32. The molecule has 0 spiro atoms. The number of fused-ring (bicyclic) bond motifs is 1. The molecule has 2 unspecified atom stereocenters. The van der Waals surface area contributed by atoms with Gasteiger partial charge in [-0.25, -0.2) is 0 Å².